The van der Waals surface area contributed by atoms with E-state index in [1.165, 1.54) is 0 Å². The fourth-order valence-electron chi connectivity index (χ4n) is 2.19. The van der Waals surface area contributed by atoms with Gasteiger partial charge in [-0.3, -0.25) is 0 Å². The van der Waals surface area contributed by atoms with Crippen LogP contribution in [0.1, 0.15) is 41.5 Å². The number of nitrogens with zero attached hydrogens (tertiary/aromatic N) is 1. The lowest BCUT2D eigenvalue weighted by Gasteiger charge is -2.43. The Morgan fingerprint density at radius 2 is 1.43 bits per heavy atom. The molecule has 0 radical (unpaired) electrons. The third-order valence-electron chi connectivity index (χ3n) is 3.68. The van der Waals surface area contributed by atoms with Gasteiger partial charge in [-0.15, -0.1) is 0 Å². The van der Waals surface area contributed by atoms with Crippen molar-refractivity contribution in [1.82, 2.24) is 4.57 Å². The highest BCUT2D eigenvalue weighted by Crippen LogP contribution is 2.30. The lowest BCUT2D eigenvalue weighted by Crippen LogP contribution is -2.52. The van der Waals surface area contributed by atoms with E-state index < -0.39 is 8.96 Å². The lowest BCUT2D eigenvalue weighted by atomic mass is 10.3. The Morgan fingerprint density at radius 3 is 1.64 bits per heavy atom. The van der Waals surface area contributed by atoms with Crippen molar-refractivity contribution in [2.24, 2.45) is 0 Å². The predicted molar refractivity (Wildman–Crippen MR) is 73.6 cm³/mol. The Bertz CT molecular complexity index is 159. The summed E-state index contributed by atoms with van der Waals surface area (Å²) in [4.78, 5) is 0. The van der Waals surface area contributed by atoms with Gasteiger partial charge >= 0.3 is 0 Å². The Balaban J connectivity index is 4.68. The molecule has 0 fully saturated rings. The van der Waals surface area contributed by atoms with Crippen molar-refractivity contribution in [2.45, 2.75) is 71.4 Å². The van der Waals surface area contributed by atoms with Gasteiger partial charge in [-0.2, -0.15) is 0 Å². The molecular formula is C11H29NSi2. The molecule has 0 spiro atoms. The summed E-state index contributed by atoms with van der Waals surface area (Å²) in [5.41, 5.74) is 0. The molecule has 0 heterocycles. The molecular weight excluding hydrogens is 202 g/mol. The molecule has 86 valence electrons. The van der Waals surface area contributed by atoms with Crippen LogP contribution >= 0.6 is 0 Å². The fourth-order valence-corrected chi connectivity index (χ4v) is 7.78. The van der Waals surface area contributed by atoms with E-state index in [9.17, 15) is 0 Å². The van der Waals surface area contributed by atoms with Crippen LogP contribution in [-0.4, -0.2) is 35.1 Å². The maximum Gasteiger partial charge on any atom is 0.111 e. The van der Waals surface area contributed by atoms with Gasteiger partial charge in [0.25, 0.3) is 0 Å². The van der Waals surface area contributed by atoms with E-state index in [-0.39, 0.29) is 9.52 Å². The number of rotatable bonds is 5. The van der Waals surface area contributed by atoms with E-state index in [1.807, 2.05) is 0 Å². The molecule has 0 aromatic heterocycles. The minimum atomic E-state index is -0.747. The zero-order valence-electron chi connectivity index (χ0n) is 11.4. The summed E-state index contributed by atoms with van der Waals surface area (Å²) in [6.45, 7) is 19.4. The molecule has 0 bridgehead atoms. The molecule has 1 atom stereocenters. The maximum atomic E-state index is 2.79. The predicted octanol–water partition coefficient (Wildman–Crippen LogP) is 2.41. The molecule has 0 aliphatic heterocycles. The van der Waals surface area contributed by atoms with Crippen molar-refractivity contribution in [3.8, 4) is 0 Å². The molecule has 0 aliphatic carbocycles. The van der Waals surface area contributed by atoms with E-state index in [2.05, 4.69) is 59.2 Å². The van der Waals surface area contributed by atoms with E-state index in [1.54, 1.807) is 0 Å². The monoisotopic (exact) mass is 231 g/mol. The molecule has 1 nitrogen and oxygen atoms in total. The summed E-state index contributed by atoms with van der Waals surface area (Å²) >= 11 is 0. The van der Waals surface area contributed by atoms with Gasteiger partial charge in [0.1, 0.15) is 8.96 Å². The SMILES string of the molecule is C[SiH2]C(C)(C)[SiH](C)N(C(C)C)C(C)C. The smallest absolute Gasteiger partial charge is 0.111 e. The van der Waals surface area contributed by atoms with Gasteiger partial charge in [-0.25, -0.2) is 0 Å². The van der Waals surface area contributed by atoms with Crippen molar-refractivity contribution in [2.75, 3.05) is 0 Å². The fraction of sp³-hybridized carbons (Fsp3) is 1.00. The van der Waals surface area contributed by atoms with Crippen LogP contribution in [0.3, 0.4) is 0 Å². The number of hydrogen-bond acceptors (Lipinski definition) is 1. The van der Waals surface area contributed by atoms with Crippen molar-refractivity contribution < 1.29 is 0 Å². The van der Waals surface area contributed by atoms with Crippen molar-refractivity contribution >= 4 is 18.5 Å². The highest BCUT2D eigenvalue weighted by Gasteiger charge is 2.33. The van der Waals surface area contributed by atoms with Gasteiger partial charge in [0, 0.05) is 9.52 Å². The molecule has 14 heavy (non-hydrogen) atoms. The van der Waals surface area contributed by atoms with Crippen LogP contribution < -0.4 is 0 Å². The summed E-state index contributed by atoms with van der Waals surface area (Å²) in [5, 5.41) is 0. The highest BCUT2D eigenvalue weighted by atomic mass is 28.3. The normalized spacial score (nSPS) is 16.5. The van der Waals surface area contributed by atoms with E-state index >= 15 is 0 Å². The minimum Gasteiger partial charge on any atom is -0.322 e. The quantitative estimate of drug-likeness (QED) is 0.657. The van der Waals surface area contributed by atoms with Crippen molar-refractivity contribution in [1.29, 1.82) is 0 Å². The second kappa shape index (κ2) is 5.47. The van der Waals surface area contributed by atoms with Gasteiger partial charge in [-0.1, -0.05) is 54.6 Å². The Morgan fingerprint density at radius 1 is 1.07 bits per heavy atom. The number of hydrogen-bond donors (Lipinski definition) is 0. The first-order chi connectivity index (χ1) is 6.24. The molecule has 0 amide bonds. The van der Waals surface area contributed by atoms with Crippen LogP contribution in [0.15, 0.2) is 0 Å². The molecule has 3 heteroatoms. The molecule has 0 aromatic carbocycles. The Kier molecular flexibility index (Phi) is 5.62. The van der Waals surface area contributed by atoms with E-state index in [0.717, 1.165) is 12.1 Å². The zero-order chi connectivity index (χ0) is 11.5. The summed E-state index contributed by atoms with van der Waals surface area (Å²) in [6.07, 6.45) is 0. The Labute approximate surface area is 94.8 Å². The zero-order valence-corrected chi connectivity index (χ0v) is 14.0. The van der Waals surface area contributed by atoms with Gasteiger partial charge < -0.3 is 4.57 Å². The first-order valence-corrected chi connectivity index (χ1v) is 10.4. The van der Waals surface area contributed by atoms with Crippen LogP contribution in [0.2, 0.25) is 17.8 Å². The standard InChI is InChI=1S/C11H29NSi2/c1-9(2)12(10(3)4)14(8)11(5,6)13-7/h9-10,14H,13H2,1-8H3. The van der Waals surface area contributed by atoms with Crippen LogP contribution in [0.5, 0.6) is 0 Å². The van der Waals surface area contributed by atoms with E-state index in [0.29, 0.717) is 4.66 Å². The molecule has 0 saturated heterocycles. The van der Waals surface area contributed by atoms with Crippen LogP contribution in [-0.2, 0) is 0 Å². The summed E-state index contributed by atoms with van der Waals surface area (Å²) in [6, 6.07) is 1.44. The second-order valence-electron chi connectivity index (χ2n) is 5.65. The Hall–Kier alpha value is 0.394. The summed E-state index contributed by atoms with van der Waals surface area (Å²) in [5.74, 6) is 0. The van der Waals surface area contributed by atoms with Crippen LogP contribution in [0, 0.1) is 0 Å². The van der Waals surface area contributed by atoms with Gasteiger partial charge in [0.15, 0.2) is 0 Å². The van der Waals surface area contributed by atoms with Crippen molar-refractivity contribution in [3.05, 3.63) is 0 Å². The second-order valence-corrected chi connectivity index (χ2v) is 12.5. The van der Waals surface area contributed by atoms with Crippen LogP contribution in [0.4, 0.5) is 0 Å². The van der Waals surface area contributed by atoms with Gasteiger partial charge in [0.2, 0.25) is 0 Å². The molecule has 0 N–H and O–H groups in total. The molecule has 1 unspecified atom stereocenters. The van der Waals surface area contributed by atoms with Crippen molar-refractivity contribution in [3.63, 3.8) is 0 Å². The minimum absolute atomic E-state index is 0.108. The topological polar surface area (TPSA) is 3.24 Å². The highest BCUT2D eigenvalue weighted by molar-refractivity contribution is 6.71. The largest absolute Gasteiger partial charge is 0.322 e. The summed E-state index contributed by atoms with van der Waals surface area (Å²) < 4.78 is 3.48. The third-order valence-corrected chi connectivity index (χ3v) is 12.9. The first-order valence-electron chi connectivity index (χ1n) is 6.01. The molecule has 0 saturated carbocycles. The maximum absolute atomic E-state index is 2.79. The van der Waals surface area contributed by atoms with Crippen LogP contribution in [0.25, 0.3) is 0 Å². The third kappa shape index (κ3) is 3.52. The average Bonchev–Trinajstić information content (AvgIpc) is 2.02. The molecule has 0 rings (SSSR count). The summed E-state index contributed by atoms with van der Waals surface area (Å²) in [7, 11) is -0.639. The average molecular weight is 232 g/mol. The van der Waals surface area contributed by atoms with Gasteiger partial charge in [-0.05, 0) is 16.7 Å². The van der Waals surface area contributed by atoms with Gasteiger partial charge in [0.05, 0.1) is 0 Å². The molecule has 0 aromatic rings. The lowest BCUT2D eigenvalue weighted by molar-refractivity contribution is 0.298. The first kappa shape index (κ1) is 14.4. The molecule has 0 aliphatic rings. The van der Waals surface area contributed by atoms with E-state index in [4.69, 9.17) is 0 Å².